The fraction of sp³-hybridized carbons (Fsp3) is 0.238. The number of benzene rings is 2. The molecular formula is C21H21ClN2O2. The summed E-state index contributed by atoms with van der Waals surface area (Å²) < 4.78 is 1.45. The number of carbonyl (C=O) groups is 2. The lowest BCUT2D eigenvalue weighted by Gasteiger charge is -2.22. The molecule has 134 valence electrons. The van der Waals surface area contributed by atoms with Crippen LogP contribution in [0, 0.1) is 0 Å². The van der Waals surface area contributed by atoms with Crippen LogP contribution >= 0.6 is 11.6 Å². The zero-order chi connectivity index (χ0) is 19.1. The summed E-state index contributed by atoms with van der Waals surface area (Å²) in [5.41, 5.74) is 2.77. The minimum atomic E-state index is -0.256. The maximum Gasteiger partial charge on any atom is 0.257 e. The van der Waals surface area contributed by atoms with E-state index in [1.54, 1.807) is 24.4 Å². The molecule has 0 unspecified atom stereocenters. The summed E-state index contributed by atoms with van der Waals surface area (Å²) in [6.45, 7) is 7.75. The van der Waals surface area contributed by atoms with Crippen molar-refractivity contribution in [3.63, 3.8) is 0 Å². The fourth-order valence-electron chi connectivity index (χ4n) is 3.08. The van der Waals surface area contributed by atoms with Crippen molar-refractivity contribution < 1.29 is 9.59 Å². The minimum Gasteiger partial charge on any atom is -0.322 e. The molecule has 2 aromatic carbocycles. The second kappa shape index (κ2) is 6.61. The summed E-state index contributed by atoms with van der Waals surface area (Å²) in [7, 11) is 0. The topological polar surface area (TPSA) is 51.1 Å². The van der Waals surface area contributed by atoms with Crippen molar-refractivity contribution in [2.75, 3.05) is 5.32 Å². The SMILES string of the molecule is CC(=O)n1cc(C(=O)Nc2ccccc2C(C)(C)C)c2ccc(Cl)cc21. The van der Waals surface area contributed by atoms with Gasteiger partial charge in [-0.05, 0) is 29.2 Å². The number of hydrogen-bond acceptors (Lipinski definition) is 2. The van der Waals surface area contributed by atoms with E-state index in [1.807, 2.05) is 24.3 Å². The van der Waals surface area contributed by atoms with Crippen molar-refractivity contribution in [1.82, 2.24) is 4.57 Å². The molecule has 5 heteroatoms. The highest BCUT2D eigenvalue weighted by Gasteiger charge is 2.21. The Morgan fingerprint density at radius 2 is 1.77 bits per heavy atom. The molecular weight excluding hydrogens is 348 g/mol. The molecule has 0 aliphatic rings. The third kappa shape index (κ3) is 3.37. The molecule has 0 radical (unpaired) electrons. The van der Waals surface area contributed by atoms with Crippen LogP contribution in [0.3, 0.4) is 0 Å². The van der Waals surface area contributed by atoms with Crippen LogP contribution in [0.1, 0.15) is 48.4 Å². The number of para-hydroxylation sites is 1. The van der Waals surface area contributed by atoms with Crippen molar-refractivity contribution in [2.45, 2.75) is 33.1 Å². The van der Waals surface area contributed by atoms with E-state index in [4.69, 9.17) is 11.6 Å². The first-order valence-corrected chi connectivity index (χ1v) is 8.78. The van der Waals surface area contributed by atoms with Crippen molar-refractivity contribution in [1.29, 1.82) is 0 Å². The molecule has 1 N–H and O–H groups in total. The van der Waals surface area contributed by atoms with E-state index in [-0.39, 0.29) is 17.2 Å². The average molecular weight is 369 g/mol. The zero-order valence-electron chi connectivity index (χ0n) is 15.3. The van der Waals surface area contributed by atoms with Gasteiger partial charge in [-0.3, -0.25) is 14.2 Å². The van der Waals surface area contributed by atoms with Gasteiger partial charge in [-0.25, -0.2) is 0 Å². The van der Waals surface area contributed by atoms with Gasteiger partial charge in [0.25, 0.3) is 5.91 Å². The Hall–Kier alpha value is -2.59. The van der Waals surface area contributed by atoms with Crippen LogP contribution in [0.5, 0.6) is 0 Å². The van der Waals surface area contributed by atoms with Gasteiger partial charge < -0.3 is 5.32 Å². The van der Waals surface area contributed by atoms with E-state index in [1.165, 1.54) is 11.5 Å². The molecule has 3 aromatic rings. The molecule has 0 aliphatic heterocycles. The van der Waals surface area contributed by atoms with Crippen molar-refractivity contribution in [2.24, 2.45) is 0 Å². The molecule has 0 atom stereocenters. The maximum absolute atomic E-state index is 13.0. The zero-order valence-corrected chi connectivity index (χ0v) is 16.0. The smallest absolute Gasteiger partial charge is 0.257 e. The largest absolute Gasteiger partial charge is 0.322 e. The molecule has 1 aromatic heterocycles. The third-order valence-corrected chi connectivity index (χ3v) is 4.57. The molecule has 4 nitrogen and oxygen atoms in total. The Kier molecular flexibility index (Phi) is 4.63. The fourth-order valence-corrected chi connectivity index (χ4v) is 3.24. The average Bonchev–Trinajstić information content (AvgIpc) is 2.93. The number of hydrogen-bond donors (Lipinski definition) is 1. The molecule has 0 bridgehead atoms. The summed E-state index contributed by atoms with van der Waals surface area (Å²) in [4.78, 5) is 24.9. The number of carbonyl (C=O) groups excluding carboxylic acids is 2. The lowest BCUT2D eigenvalue weighted by molar-refractivity contribution is 0.0941. The molecule has 0 saturated heterocycles. The summed E-state index contributed by atoms with van der Waals surface area (Å²) >= 11 is 6.06. The first-order valence-electron chi connectivity index (χ1n) is 8.41. The van der Waals surface area contributed by atoms with Gasteiger partial charge in [0.05, 0.1) is 11.1 Å². The molecule has 1 heterocycles. The number of rotatable bonds is 2. The summed E-state index contributed by atoms with van der Waals surface area (Å²) in [6, 6.07) is 12.9. The lowest BCUT2D eigenvalue weighted by Crippen LogP contribution is -2.18. The van der Waals surface area contributed by atoms with E-state index >= 15 is 0 Å². The maximum atomic E-state index is 13.0. The van der Waals surface area contributed by atoms with Gasteiger partial charge in [-0.15, -0.1) is 0 Å². The lowest BCUT2D eigenvalue weighted by atomic mass is 9.86. The Morgan fingerprint density at radius 1 is 1.08 bits per heavy atom. The Morgan fingerprint density at radius 3 is 2.42 bits per heavy atom. The van der Waals surface area contributed by atoms with Crippen LogP contribution in [0.25, 0.3) is 10.9 Å². The molecule has 26 heavy (non-hydrogen) atoms. The summed E-state index contributed by atoms with van der Waals surface area (Å²) in [5.74, 6) is -0.430. The van der Waals surface area contributed by atoms with E-state index in [0.29, 0.717) is 21.5 Å². The number of fused-ring (bicyclic) bond motifs is 1. The predicted octanol–water partition coefficient (Wildman–Crippen LogP) is 5.50. The standard InChI is InChI=1S/C21H21ClN2O2/c1-13(25)24-12-16(15-10-9-14(22)11-19(15)24)20(26)23-18-8-6-5-7-17(18)21(2,3)4/h5-12H,1-4H3,(H,23,26). The number of nitrogens with zero attached hydrogens (tertiary/aromatic N) is 1. The minimum absolute atomic E-state index is 0.106. The van der Waals surface area contributed by atoms with Gasteiger partial charge in [0, 0.05) is 29.2 Å². The van der Waals surface area contributed by atoms with Gasteiger partial charge in [0.15, 0.2) is 0 Å². The Bertz CT molecular complexity index is 1010. The first-order chi connectivity index (χ1) is 12.2. The van der Waals surface area contributed by atoms with Gasteiger partial charge in [0.2, 0.25) is 5.91 Å². The van der Waals surface area contributed by atoms with Crippen LogP contribution < -0.4 is 5.32 Å². The summed E-state index contributed by atoms with van der Waals surface area (Å²) in [6.07, 6.45) is 1.57. The normalized spacial score (nSPS) is 11.6. The van der Waals surface area contributed by atoms with Crippen molar-refractivity contribution in [3.8, 4) is 0 Å². The monoisotopic (exact) mass is 368 g/mol. The van der Waals surface area contributed by atoms with Gasteiger partial charge in [-0.2, -0.15) is 0 Å². The number of amides is 1. The number of nitrogens with one attached hydrogen (secondary N) is 1. The third-order valence-electron chi connectivity index (χ3n) is 4.33. The second-order valence-corrected chi connectivity index (χ2v) is 7.78. The molecule has 0 spiro atoms. The highest BCUT2D eigenvalue weighted by Crippen LogP contribution is 2.31. The van der Waals surface area contributed by atoms with Crippen molar-refractivity contribution in [3.05, 3.63) is 64.8 Å². The van der Waals surface area contributed by atoms with E-state index in [0.717, 1.165) is 11.3 Å². The van der Waals surface area contributed by atoms with Crippen molar-refractivity contribution >= 4 is 40.0 Å². The molecule has 0 aliphatic carbocycles. The van der Waals surface area contributed by atoms with Gasteiger partial charge in [-0.1, -0.05) is 56.6 Å². The molecule has 0 saturated carbocycles. The van der Waals surface area contributed by atoms with E-state index in [2.05, 4.69) is 26.1 Å². The van der Waals surface area contributed by atoms with Crippen LogP contribution in [0.2, 0.25) is 5.02 Å². The van der Waals surface area contributed by atoms with E-state index < -0.39 is 0 Å². The van der Waals surface area contributed by atoms with Crippen LogP contribution in [-0.2, 0) is 5.41 Å². The first kappa shape index (κ1) is 18.2. The predicted molar refractivity (Wildman–Crippen MR) is 106 cm³/mol. The number of halogens is 1. The highest BCUT2D eigenvalue weighted by molar-refractivity contribution is 6.31. The van der Waals surface area contributed by atoms with Gasteiger partial charge in [0.1, 0.15) is 0 Å². The highest BCUT2D eigenvalue weighted by atomic mass is 35.5. The Labute approximate surface area is 157 Å². The van der Waals surface area contributed by atoms with E-state index in [9.17, 15) is 9.59 Å². The molecule has 0 fully saturated rings. The molecule has 3 rings (SSSR count). The van der Waals surface area contributed by atoms with Crippen LogP contribution in [-0.4, -0.2) is 16.4 Å². The molecule has 1 amide bonds. The number of anilines is 1. The number of aromatic nitrogens is 1. The summed E-state index contributed by atoms with van der Waals surface area (Å²) in [5, 5.41) is 4.20. The van der Waals surface area contributed by atoms with Crippen LogP contribution in [0.4, 0.5) is 5.69 Å². The van der Waals surface area contributed by atoms with Gasteiger partial charge >= 0.3 is 0 Å². The quantitative estimate of drug-likeness (QED) is 0.648. The van der Waals surface area contributed by atoms with Crippen LogP contribution in [0.15, 0.2) is 48.7 Å². The second-order valence-electron chi connectivity index (χ2n) is 7.34. The Balaban J connectivity index is 2.06.